The second-order valence-corrected chi connectivity index (χ2v) is 7.52. The highest BCUT2D eigenvalue weighted by Crippen LogP contribution is 2.33. The number of benzene rings is 2. The zero-order chi connectivity index (χ0) is 26.2. The van der Waals surface area contributed by atoms with Crippen LogP contribution in [0.15, 0.2) is 41.6 Å². The van der Waals surface area contributed by atoms with Crippen LogP contribution in [-0.4, -0.2) is 73.9 Å². The molecule has 2 aromatic carbocycles. The smallest absolute Gasteiger partial charge is 0.423 e. The molecule has 0 unspecified atom stereocenters. The van der Waals surface area contributed by atoms with Crippen molar-refractivity contribution in [2.75, 3.05) is 26.7 Å². The van der Waals surface area contributed by atoms with Crippen molar-refractivity contribution >= 4 is 50.1 Å². The summed E-state index contributed by atoms with van der Waals surface area (Å²) in [5, 5.41) is 36.8. The minimum absolute atomic E-state index is 0. The first-order valence-corrected chi connectivity index (χ1v) is 9.96. The Morgan fingerprint density at radius 2 is 1.22 bits per heavy atom. The van der Waals surface area contributed by atoms with Crippen LogP contribution in [0.3, 0.4) is 0 Å². The molecule has 0 aliphatic carbocycles. The van der Waals surface area contributed by atoms with Gasteiger partial charge in [-0.1, -0.05) is 29.4 Å². The van der Waals surface area contributed by atoms with Gasteiger partial charge in [-0.15, -0.1) is 12.4 Å². The van der Waals surface area contributed by atoms with Crippen molar-refractivity contribution in [1.29, 1.82) is 0 Å². The van der Waals surface area contributed by atoms with E-state index in [0.717, 1.165) is 6.21 Å². The van der Waals surface area contributed by atoms with E-state index in [0.29, 0.717) is 28.3 Å². The number of carbonyl (C=O) groups excluding carboxylic acids is 1. The lowest BCUT2D eigenvalue weighted by atomic mass is 9.77. The predicted octanol–water partition coefficient (Wildman–Crippen LogP) is 0.454. The van der Waals surface area contributed by atoms with Crippen LogP contribution in [0.25, 0.3) is 0 Å². The standard InChI is InChI=1S/C10H10BF2NO3.C10H9BF2O3.ClH.H3NO/c12-5-10(6-13)8-3-7(4-14-16)1-2-9(8)11(15)17-10;12-5-10(6-13)8-3-7(4-14)1-2-9(8)11(15)16-10;;1-2/h1-4,15-16H,5-6H2;1-4,15H,5-6H2;1H;2H,1H2/b14-4+;;;. The van der Waals surface area contributed by atoms with Crippen LogP contribution < -0.4 is 16.8 Å². The average molecular weight is 536 g/mol. The van der Waals surface area contributed by atoms with Gasteiger partial charge in [0, 0.05) is 5.56 Å². The summed E-state index contributed by atoms with van der Waals surface area (Å²) in [5.41, 5.74) is -1.68. The number of hydrogen-bond donors (Lipinski definition) is 5. The van der Waals surface area contributed by atoms with Gasteiger partial charge in [0.05, 0.1) is 6.21 Å². The summed E-state index contributed by atoms with van der Waals surface area (Å²) < 4.78 is 61.5. The van der Waals surface area contributed by atoms with Gasteiger partial charge in [0.15, 0.2) is 0 Å². The number of alkyl halides is 4. The van der Waals surface area contributed by atoms with Crippen molar-refractivity contribution in [2.24, 2.45) is 11.1 Å². The highest BCUT2D eigenvalue weighted by atomic mass is 35.5. The van der Waals surface area contributed by atoms with Gasteiger partial charge >= 0.3 is 14.2 Å². The monoisotopic (exact) mass is 536 g/mol. The summed E-state index contributed by atoms with van der Waals surface area (Å²) in [4.78, 5) is 10.6. The third kappa shape index (κ3) is 5.89. The Balaban J connectivity index is 0.000000329. The lowest BCUT2D eigenvalue weighted by Gasteiger charge is -2.23. The zero-order valence-corrected chi connectivity index (χ0v) is 19.4. The molecule has 9 nitrogen and oxygen atoms in total. The van der Waals surface area contributed by atoms with Gasteiger partial charge in [-0.2, -0.15) is 0 Å². The highest BCUT2D eigenvalue weighted by molar-refractivity contribution is 6.62. The lowest BCUT2D eigenvalue weighted by Crippen LogP contribution is -2.33. The van der Waals surface area contributed by atoms with Crippen LogP contribution in [0.4, 0.5) is 17.6 Å². The van der Waals surface area contributed by atoms with Gasteiger partial charge in [0.25, 0.3) is 0 Å². The molecule has 0 aromatic heterocycles. The van der Waals surface area contributed by atoms with E-state index in [1.165, 1.54) is 30.3 Å². The maximum atomic E-state index is 13.0. The van der Waals surface area contributed by atoms with E-state index in [9.17, 15) is 32.4 Å². The first kappa shape index (κ1) is 31.5. The topological polar surface area (TPSA) is 155 Å². The van der Waals surface area contributed by atoms with Crippen molar-refractivity contribution in [3.63, 3.8) is 0 Å². The third-order valence-electron chi connectivity index (χ3n) is 5.55. The fourth-order valence-electron chi connectivity index (χ4n) is 3.75. The van der Waals surface area contributed by atoms with E-state index in [1.54, 1.807) is 6.07 Å². The quantitative estimate of drug-likeness (QED) is 0.0891. The molecule has 0 radical (unpaired) electrons. The van der Waals surface area contributed by atoms with Gasteiger partial charge in [-0.3, -0.25) is 4.79 Å². The van der Waals surface area contributed by atoms with Crippen LogP contribution in [0.5, 0.6) is 0 Å². The largest absolute Gasteiger partial charge is 0.492 e. The second kappa shape index (κ2) is 13.7. The minimum atomic E-state index is -1.77. The Morgan fingerprint density at radius 1 is 0.833 bits per heavy atom. The van der Waals surface area contributed by atoms with E-state index >= 15 is 0 Å². The molecule has 4 rings (SSSR count). The molecule has 0 bridgehead atoms. The summed E-state index contributed by atoms with van der Waals surface area (Å²) >= 11 is 0. The molecule has 6 N–H and O–H groups in total. The molecule has 0 amide bonds. The predicted molar refractivity (Wildman–Crippen MR) is 126 cm³/mol. The second-order valence-electron chi connectivity index (χ2n) is 7.52. The maximum absolute atomic E-state index is 13.0. The summed E-state index contributed by atoms with van der Waals surface area (Å²) in [5.74, 6) is 3.50. The maximum Gasteiger partial charge on any atom is 0.492 e. The molecule has 2 aromatic rings. The number of aldehydes is 1. The van der Waals surface area contributed by atoms with Crippen molar-refractivity contribution in [3.05, 3.63) is 58.7 Å². The fourth-order valence-corrected chi connectivity index (χ4v) is 3.75. The van der Waals surface area contributed by atoms with Gasteiger partial charge in [0.2, 0.25) is 0 Å². The molecular formula is C20H23B2ClF4N2O7. The summed E-state index contributed by atoms with van der Waals surface area (Å²) in [6, 6.07) is 8.73. The highest BCUT2D eigenvalue weighted by Gasteiger charge is 2.48. The Kier molecular flexibility index (Phi) is 12.0. The molecule has 2 heterocycles. The zero-order valence-electron chi connectivity index (χ0n) is 18.6. The average Bonchev–Trinajstić information content (AvgIpc) is 3.36. The Labute approximate surface area is 210 Å². The molecule has 0 spiro atoms. The summed E-state index contributed by atoms with van der Waals surface area (Å²) in [6.07, 6.45) is 1.71. The SMILES string of the molecule is Cl.NO.O/N=C/c1ccc2c(c1)C(CF)(CF)OB2O.O=Cc1ccc2c(c1)C(CF)(CF)OB2O. The van der Waals surface area contributed by atoms with Gasteiger partial charge < -0.3 is 29.8 Å². The van der Waals surface area contributed by atoms with Crippen molar-refractivity contribution < 1.29 is 52.1 Å². The van der Waals surface area contributed by atoms with E-state index in [-0.39, 0.29) is 23.5 Å². The van der Waals surface area contributed by atoms with Crippen LogP contribution >= 0.6 is 12.4 Å². The number of hydrogen-bond acceptors (Lipinski definition) is 9. The van der Waals surface area contributed by atoms with E-state index < -0.39 is 52.1 Å². The molecule has 0 fully saturated rings. The first-order valence-electron chi connectivity index (χ1n) is 9.96. The molecule has 0 saturated carbocycles. The van der Waals surface area contributed by atoms with E-state index in [2.05, 4.69) is 11.1 Å². The van der Waals surface area contributed by atoms with Gasteiger partial charge in [0.1, 0.15) is 44.2 Å². The van der Waals surface area contributed by atoms with Gasteiger partial charge in [-0.25, -0.2) is 23.5 Å². The third-order valence-corrected chi connectivity index (χ3v) is 5.55. The molecule has 0 atom stereocenters. The van der Waals surface area contributed by atoms with E-state index in [4.69, 9.17) is 19.7 Å². The number of fused-ring (bicyclic) bond motifs is 2. The van der Waals surface area contributed by atoms with Crippen LogP contribution in [0, 0.1) is 0 Å². The Bertz CT molecular complexity index is 1050. The number of rotatable bonds is 6. The summed E-state index contributed by atoms with van der Waals surface area (Å²) in [7, 11) is -2.68. The van der Waals surface area contributed by atoms with Crippen molar-refractivity contribution in [1.82, 2.24) is 0 Å². The van der Waals surface area contributed by atoms with Crippen LogP contribution in [0.2, 0.25) is 0 Å². The molecule has 16 heteroatoms. The Morgan fingerprint density at radius 3 is 1.58 bits per heavy atom. The molecule has 0 saturated heterocycles. The normalized spacial score (nSPS) is 16.2. The van der Waals surface area contributed by atoms with Crippen LogP contribution in [-0.2, 0) is 20.5 Å². The molecule has 2 aliphatic rings. The van der Waals surface area contributed by atoms with Crippen molar-refractivity contribution in [3.8, 4) is 0 Å². The molecule has 2 aliphatic heterocycles. The molecule has 196 valence electrons. The minimum Gasteiger partial charge on any atom is -0.423 e. The van der Waals surface area contributed by atoms with E-state index in [1.807, 2.05) is 0 Å². The van der Waals surface area contributed by atoms with Crippen molar-refractivity contribution in [2.45, 2.75) is 11.2 Å². The summed E-state index contributed by atoms with van der Waals surface area (Å²) in [6.45, 7) is -4.33. The van der Waals surface area contributed by atoms with Gasteiger partial charge in [-0.05, 0) is 39.7 Å². The lowest BCUT2D eigenvalue weighted by molar-refractivity contribution is 0.0105. The number of nitrogens with two attached hydrogens (primary N) is 1. The fraction of sp³-hybridized carbons (Fsp3) is 0.300. The van der Waals surface area contributed by atoms with Crippen LogP contribution in [0.1, 0.15) is 27.0 Å². The number of carbonyl (C=O) groups is 1. The molecule has 36 heavy (non-hydrogen) atoms. The molecular weight excluding hydrogens is 513 g/mol. The Hall–Kier alpha value is -2.52. The number of halogens is 5. The number of oxime groups is 1. The first-order chi connectivity index (χ1) is 16.8. The number of nitrogens with zero attached hydrogens (tertiary/aromatic N) is 1.